The smallest absolute Gasteiger partial charge is 0.0340 e. The summed E-state index contributed by atoms with van der Waals surface area (Å²) in [6.45, 7) is 12.1. The second-order valence-corrected chi connectivity index (χ2v) is 7.48. The minimum absolute atomic E-state index is 0.477. The molecule has 2 heteroatoms. The van der Waals surface area contributed by atoms with Crippen molar-refractivity contribution in [2.45, 2.75) is 46.5 Å². The van der Waals surface area contributed by atoms with Gasteiger partial charge in [0.2, 0.25) is 0 Å². The minimum Gasteiger partial charge on any atom is -0.385 e. The zero-order chi connectivity index (χ0) is 15.1. The Hall–Kier alpha value is -1.02. The fourth-order valence-electron chi connectivity index (χ4n) is 3.34. The average molecular weight is 288 g/mol. The van der Waals surface area contributed by atoms with Crippen LogP contribution in [-0.4, -0.2) is 31.1 Å². The van der Waals surface area contributed by atoms with Crippen LogP contribution in [0.1, 0.15) is 46.5 Å². The Bertz CT molecular complexity index is 394. The van der Waals surface area contributed by atoms with E-state index in [9.17, 15) is 0 Å². The number of anilines is 1. The summed E-state index contributed by atoms with van der Waals surface area (Å²) >= 11 is 0. The Morgan fingerprint density at radius 2 is 1.86 bits per heavy atom. The Kier molecular flexibility index (Phi) is 6.10. The fraction of sp³-hybridized carbons (Fsp3) is 0.684. The number of benzene rings is 1. The molecule has 1 saturated heterocycles. The van der Waals surface area contributed by atoms with Crippen LogP contribution in [0.5, 0.6) is 0 Å². The molecule has 0 saturated carbocycles. The van der Waals surface area contributed by atoms with Gasteiger partial charge in [0.1, 0.15) is 0 Å². The molecular weight excluding hydrogens is 256 g/mol. The molecule has 2 nitrogen and oxygen atoms in total. The Labute approximate surface area is 130 Å². The molecule has 0 aromatic heterocycles. The first kappa shape index (κ1) is 16.4. The summed E-state index contributed by atoms with van der Waals surface area (Å²) in [5.41, 5.74) is 1.71. The molecule has 1 aliphatic rings. The summed E-state index contributed by atoms with van der Waals surface area (Å²) in [5, 5.41) is 3.51. The highest BCUT2D eigenvalue weighted by Gasteiger charge is 2.26. The highest BCUT2D eigenvalue weighted by molar-refractivity contribution is 5.42. The topological polar surface area (TPSA) is 15.3 Å². The molecule has 1 aromatic rings. The molecular formula is C19H32N2. The lowest BCUT2D eigenvalue weighted by Gasteiger charge is -2.29. The normalized spacial score (nSPS) is 21.0. The van der Waals surface area contributed by atoms with Gasteiger partial charge in [-0.2, -0.15) is 0 Å². The van der Waals surface area contributed by atoms with Gasteiger partial charge in [0.05, 0.1) is 0 Å². The van der Waals surface area contributed by atoms with Gasteiger partial charge < -0.3 is 10.2 Å². The lowest BCUT2D eigenvalue weighted by Crippen LogP contribution is -2.28. The number of para-hydroxylation sites is 1. The fourth-order valence-corrected chi connectivity index (χ4v) is 3.34. The van der Waals surface area contributed by atoms with Gasteiger partial charge in [-0.3, -0.25) is 0 Å². The van der Waals surface area contributed by atoms with Crippen LogP contribution in [-0.2, 0) is 0 Å². The molecule has 0 amide bonds. The molecule has 1 aromatic carbocycles. The van der Waals surface area contributed by atoms with E-state index in [4.69, 9.17) is 0 Å². The molecule has 0 bridgehead atoms. The van der Waals surface area contributed by atoms with Crippen LogP contribution in [0, 0.1) is 11.3 Å². The Morgan fingerprint density at radius 1 is 1.10 bits per heavy atom. The molecule has 0 aliphatic carbocycles. The third-order valence-electron chi connectivity index (χ3n) is 4.80. The van der Waals surface area contributed by atoms with Crippen molar-refractivity contribution >= 4 is 5.69 Å². The van der Waals surface area contributed by atoms with E-state index in [1.807, 2.05) is 0 Å². The van der Waals surface area contributed by atoms with E-state index in [0.29, 0.717) is 5.41 Å². The molecule has 0 radical (unpaired) electrons. The van der Waals surface area contributed by atoms with Crippen LogP contribution in [0.4, 0.5) is 5.69 Å². The Morgan fingerprint density at radius 3 is 2.57 bits per heavy atom. The van der Waals surface area contributed by atoms with Crippen LogP contribution >= 0.6 is 0 Å². The summed E-state index contributed by atoms with van der Waals surface area (Å²) in [5.74, 6) is 0.893. The number of rotatable bonds is 5. The Balaban J connectivity index is 1.65. The minimum atomic E-state index is 0.477. The van der Waals surface area contributed by atoms with E-state index in [-0.39, 0.29) is 0 Å². The lowest BCUT2D eigenvalue weighted by atomic mass is 9.77. The summed E-state index contributed by atoms with van der Waals surface area (Å²) in [6, 6.07) is 10.5. The van der Waals surface area contributed by atoms with Crippen molar-refractivity contribution in [1.82, 2.24) is 4.90 Å². The monoisotopic (exact) mass is 288 g/mol. The van der Waals surface area contributed by atoms with Crippen LogP contribution in [0.15, 0.2) is 30.3 Å². The van der Waals surface area contributed by atoms with Crippen molar-refractivity contribution in [3.8, 4) is 0 Å². The quantitative estimate of drug-likeness (QED) is 0.794. The number of hydrogen-bond acceptors (Lipinski definition) is 2. The number of hydrogen-bond donors (Lipinski definition) is 1. The van der Waals surface area contributed by atoms with E-state index in [1.54, 1.807) is 0 Å². The van der Waals surface area contributed by atoms with Gasteiger partial charge in [-0.25, -0.2) is 0 Å². The maximum absolute atomic E-state index is 3.51. The maximum atomic E-state index is 3.51. The number of likely N-dealkylation sites (tertiary alicyclic amines) is 1. The highest BCUT2D eigenvalue weighted by Crippen LogP contribution is 2.34. The summed E-state index contributed by atoms with van der Waals surface area (Å²) in [6.07, 6.45) is 5.38. The predicted molar refractivity (Wildman–Crippen MR) is 92.8 cm³/mol. The largest absolute Gasteiger partial charge is 0.385 e. The van der Waals surface area contributed by atoms with E-state index in [0.717, 1.165) is 12.5 Å². The van der Waals surface area contributed by atoms with Crippen molar-refractivity contribution in [1.29, 1.82) is 0 Å². The summed E-state index contributed by atoms with van der Waals surface area (Å²) < 4.78 is 0. The van der Waals surface area contributed by atoms with E-state index in [2.05, 4.69) is 61.3 Å². The molecule has 118 valence electrons. The van der Waals surface area contributed by atoms with Gasteiger partial charge in [-0.15, -0.1) is 0 Å². The SMILES string of the molecule is CC(C)(C)C1CCCN(CCCNc2ccccc2)CC1. The molecule has 1 heterocycles. The molecule has 2 rings (SSSR count). The van der Waals surface area contributed by atoms with Gasteiger partial charge in [-0.1, -0.05) is 39.0 Å². The predicted octanol–water partition coefficient (Wildman–Crippen LogP) is 4.64. The first-order chi connectivity index (χ1) is 10.1. The first-order valence-electron chi connectivity index (χ1n) is 8.57. The van der Waals surface area contributed by atoms with Gasteiger partial charge >= 0.3 is 0 Å². The van der Waals surface area contributed by atoms with Crippen LogP contribution < -0.4 is 5.32 Å². The lowest BCUT2D eigenvalue weighted by molar-refractivity contribution is 0.208. The van der Waals surface area contributed by atoms with Gasteiger partial charge in [0, 0.05) is 12.2 Å². The van der Waals surface area contributed by atoms with E-state index in [1.165, 1.54) is 51.0 Å². The highest BCUT2D eigenvalue weighted by atomic mass is 15.1. The van der Waals surface area contributed by atoms with Gasteiger partial charge in [-0.05, 0) is 68.8 Å². The number of nitrogens with zero attached hydrogens (tertiary/aromatic N) is 1. The molecule has 1 atom stereocenters. The van der Waals surface area contributed by atoms with Crippen molar-refractivity contribution in [2.24, 2.45) is 11.3 Å². The van der Waals surface area contributed by atoms with Crippen molar-refractivity contribution in [3.63, 3.8) is 0 Å². The molecule has 0 spiro atoms. The molecule has 1 unspecified atom stereocenters. The van der Waals surface area contributed by atoms with Crippen molar-refractivity contribution in [2.75, 3.05) is 31.5 Å². The molecule has 1 aliphatic heterocycles. The number of nitrogens with one attached hydrogen (secondary N) is 1. The first-order valence-corrected chi connectivity index (χ1v) is 8.57. The second-order valence-electron chi connectivity index (χ2n) is 7.48. The summed E-state index contributed by atoms with van der Waals surface area (Å²) in [4.78, 5) is 2.67. The van der Waals surface area contributed by atoms with Gasteiger partial charge in [0.25, 0.3) is 0 Å². The van der Waals surface area contributed by atoms with Crippen LogP contribution in [0.2, 0.25) is 0 Å². The third kappa shape index (κ3) is 5.70. The maximum Gasteiger partial charge on any atom is 0.0340 e. The van der Waals surface area contributed by atoms with Crippen molar-refractivity contribution < 1.29 is 0 Å². The molecule has 1 fully saturated rings. The second kappa shape index (κ2) is 7.84. The van der Waals surface area contributed by atoms with Gasteiger partial charge in [0.15, 0.2) is 0 Å². The average Bonchev–Trinajstić information content (AvgIpc) is 2.70. The van der Waals surface area contributed by atoms with E-state index < -0.39 is 0 Å². The molecule has 1 N–H and O–H groups in total. The zero-order valence-electron chi connectivity index (χ0n) is 14.1. The third-order valence-corrected chi connectivity index (χ3v) is 4.80. The van der Waals surface area contributed by atoms with Crippen LogP contribution in [0.25, 0.3) is 0 Å². The standard InChI is InChI=1S/C19H32N2/c1-19(2,3)17-9-7-14-21(16-12-17)15-8-13-20-18-10-5-4-6-11-18/h4-6,10-11,17,20H,7-9,12-16H2,1-3H3. The van der Waals surface area contributed by atoms with Crippen LogP contribution in [0.3, 0.4) is 0 Å². The zero-order valence-corrected chi connectivity index (χ0v) is 14.1. The summed E-state index contributed by atoms with van der Waals surface area (Å²) in [7, 11) is 0. The van der Waals surface area contributed by atoms with Crippen molar-refractivity contribution in [3.05, 3.63) is 30.3 Å². The molecule has 21 heavy (non-hydrogen) atoms. The van der Waals surface area contributed by atoms with E-state index >= 15 is 0 Å².